The molecule has 1 aromatic carbocycles. The van der Waals surface area contributed by atoms with E-state index in [0.717, 1.165) is 0 Å². The fraction of sp³-hybridized carbons (Fsp3) is 0.462. The highest BCUT2D eigenvalue weighted by Crippen LogP contribution is 2.06. The molecule has 0 unspecified atom stereocenters. The minimum atomic E-state index is -3.47. The highest BCUT2D eigenvalue weighted by Gasteiger charge is 2.12. The van der Waals surface area contributed by atoms with Gasteiger partial charge in [-0.1, -0.05) is 18.2 Å². The Morgan fingerprint density at radius 3 is 2.40 bits per heavy atom. The van der Waals surface area contributed by atoms with Crippen molar-refractivity contribution in [2.75, 3.05) is 13.1 Å². The predicted molar refractivity (Wildman–Crippen MR) is 81.0 cm³/mol. The first-order valence-corrected chi connectivity index (χ1v) is 7.82. The quantitative estimate of drug-likeness (QED) is 0.423. The molecule has 0 aromatic heterocycles. The normalized spacial score (nSPS) is 13.2. The monoisotopic (exact) mass is 298 g/mol. The summed E-state index contributed by atoms with van der Waals surface area (Å²) >= 11 is 0. The van der Waals surface area contributed by atoms with Gasteiger partial charge in [-0.3, -0.25) is 4.99 Å². The molecule has 0 bridgehead atoms. The minimum absolute atomic E-state index is 0.170. The first-order valence-electron chi connectivity index (χ1n) is 6.33. The number of sulfonamides is 1. The van der Waals surface area contributed by atoms with Crippen LogP contribution < -0.4 is 15.8 Å². The van der Waals surface area contributed by atoms with Crippen molar-refractivity contribution < 1.29 is 8.42 Å². The van der Waals surface area contributed by atoms with Gasteiger partial charge in [0.1, 0.15) is 0 Å². The average molecular weight is 298 g/mol. The van der Waals surface area contributed by atoms with Crippen molar-refractivity contribution in [2.45, 2.75) is 31.2 Å². The molecule has 7 heteroatoms. The lowest BCUT2D eigenvalue weighted by Crippen LogP contribution is -2.45. The van der Waals surface area contributed by atoms with E-state index < -0.39 is 10.0 Å². The van der Waals surface area contributed by atoms with Gasteiger partial charge in [0.05, 0.1) is 11.4 Å². The maximum absolute atomic E-state index is 11.9. The van der Waals surface area contributed by atoms with Crippen LogP contribution in [0.1, 0.15) is 20.8 Å². The molecule has 112 valence electrons. The molecule has 0 atom stereocenters. The van der Waals surface area contributed by atoms with Crippen molar-refractivity contribution in [3.05, 3.63) is 30.3 Å². The zero-order valence-electron chi connectivity index (χ0n) is 12.1. The Kier molecular flexibility index (Phi) is 5.52. The Morgan fingerprint density at radius 2 is 1.85 bits per heavy atom. The summed E-state index contributed by atoms with van der Waals surface area (Å²) in [5.74, 6) is 0.302. The lowest BCUT2D eigenvalue weighted by Gasteiger charge is -2.20. The highest BCUT2D eigenvalue weighted by atomic mass is 32.2. The number of nitrogens with zero attached hydrogens (tertiary/aromatic N) is 1. The third-order valence-electron chi connectivity index (χ3n) is 2.24. The molecular formula is C13H22N4O2S. The van der Waals surface area contributed by atoms with Crippen LogP contribution in [0, 0.1) is 0 Å². The number of hydrogen-bond acceptors (Lipinski definition) is 3. The SMILES string of the molecule is CC(C)(C)NC(N)=NCCNS(=O)(=O)c1ccccc1. The zero-order chi connectivity index (χ0) is 15.2. The number of rotatable bonds is 5. The van der Waals surface area contributed by atoms with E-state index in [-0.39, 0.29) is 23.5 Å². The Balaban J connectivity index is 2.47. The van der Waals surface area contributed by atoms with Gasteiger partial charge in [0.15, 0.2) is 5.96 Å². The van der Waals surface area contributed by atoms with Crippen molar-refractivity contribution in [2.24, 2.45) is 10.7 Å². The third kappa shape index (κ3) is 6.03. The minimum Gasteiger partial charge on any atom is -0.370 e. The molecule has 0 saturated heterocycles. The molecule has 1 aromatic rings. The summed E-state index contributed by atoms with van der Waals surface area (Å²) < 4.78 is 26.3. The summed E-state index contributed by atoms with van der Waals surface area (Å²) in [6.45, 7) is 6.37. The lowest BCUT2D eigenvalue weighted by molar-refractivity contribution is 0.508. The van der Waals surface area contributed by atoms with Gasteiger partial charge in [0.2, 0.25) is 10.0 Å². The van der Waals surface area contributed by atoms with Crippen LogP contribution in [0.25, 0.3) is 0 Å². The van der Waals surface area contributed by atoms with Gasteiger partial charge in [-0.25, -0.2) is 13.1 Å². The van der Waals surface area contributed by atoms with Crippen molar-refractivity contribution in [3.8, 4) is 0 Å². The summed E-state index contributed by atoms with van der Waals surface area (Å²) in [6.07, 6.45) is 0. The van der Waals surface area contributed by atoms with Crippen LogP contribution in [-0.2, 0) is 10.0 Å². The molecule has 20 heavy (non-hydrogen) atoms. The molecule has 0 aliphatic carbocycles. The van der Waals surface area contributed by atoms with Crippen LogP contribution in [-0.4, -0.2) is 33.0 Å². The largest absolute Gasteiger partial charge is 0.370 e. The summed E-state index contributed by atoms with van der Waals surface area (Å²) in [6, 6.07) is 8.21. The van der Waals surface area contributed by atoms with Gasteiger partial charge in [0, 0.05) is 12.1 Å². The van der Waals surface area contributed by atoms with Gasteiger partial charge in [-0.05, 0) is 32.9 Å². The fourth-order valence-corrected chi connectivity index (χ4v) is 2.51. The Hall–Kier alpha value is -1.60. The van der Waals surface area contributed by atoms with Crippen molar-refractivity contribution in [1.29, 1.82) is 0 Å². The van der Waals surface area contributed by atoms with Crippen LogP contribution in [0.2, 0.25) is 0 Å². The molecule has 0 fully saturated rings. The van der Waals surface area contributed by atoms with Gasteiger partial charge in [-0.2, -0.15) is 0 Å². The van der Waals surface area contributed by atoms with Crippen LogP contribution >= 0.6 is 0 Å². The van der Waals surface area contributed by atoms with Crippen molar-refractivity contribution in [3.63, 3.8) is 0 Å². The molecule has 1 rings (SSSR count). The van der Waals surface area contributed by atoms with E-state index in [9.17, 15) is 8.42 Å². The van der Waals surface area contributed by atoms with E-state index in [2.05, 4.69) is 15.0 Å². The maximum Gasteiger partial charge on any atom is 0.240 e. The summed E-state index contributed by atoms with van der Waals surface area (Å²) in [7, 11) is -3.47. The van der Waals surface area contributed by atoms with Gasteiger partial charge in [0.25, 0.3) is 0 Å². The summed E-state index contributed by atoms with van der Waals surface area (Å²) in [5.41, 5.74) is 5.51. The number of nitrogens with one attached hydrogen (secondary N) is 2. The first kappa shape index (κ1) is 16.5. The molecule has 0 saturated carbocycles. The molecule has 0 heterocycles. The number of aliphatic imine (C=N–C) groups is 1. The third-order valence-corrected chi connectivity index (χ3v) is 3.72. The number of guanidine groups is 1. The second-order valence-corrected chi connectivity index (χ2v) is 7.12. The molecule has 0 spiro atoms. The van der Waals surface area contributed by atoms with E-state index in [1.165, 1.54) is 0 Å². The predicted octanol–water partition coefficient (Wildman–Crippen LogP) is 0.668. The molecule has 0 radical (unpaired) electrons. The average Bonchev–Trinajstić information content (AvgIpc) is 2.34. The van der Waals surface area contributed by atoms with E-state index in [0.29, 0.717) is 5.96 Å². The van der Waals surface area contributed by atoms with Crippen LogP contribution in [0.4, 0.5) is 0 Å². The molecule has 0 aliphatic heterocycles. The van der Waals surface area contributed by atoms with E-state index in [1.807, 2.05) is 20.8 Å². The summed E-state index contributed by atoms with van der Waals surface area (Å²) in [5, 5.41) is 3.00. The van der Waals surface area contributed by atoms with E-state index in [1.54, 1.807) is 30.3 Å². The molecular weight excluding hydrogens is 276 g/mol. The Morgan fingerprint density at radius 1 is 1.25 bits per heavy atom. The van der Waals surface area contributed by atoms with Gasteiger partial charge < -0.3 is 11.1 Å². The van der Waals surface area contributed by atoms with Crippen molar-refractivity contribution >= 4 is 16.0 Å². The Bertz CT molecular complexity index is 547. The van der Waals surface area contributed by atoms with Crippen LogP contribution in [0.15, 0.2) is 40.2 Å². The second-order valence-electron chi connectivity index (χ2n) is 5.35. The number of hydrogen-bond donors (Lipinski definition) is 3. The molecule has 4 N–H and O–H groups in total. The standard InChI is InChI=1S/C13H22N4O2S/c1-13(2,3)17-12(14)15-9-10-16-20(18,19)11-7-5-4-6-8-11/h4-8,16H,9-10H2,1-3H3,(H3,14,15,17). The van der Waals surface area contributed by atoms with Gasteiger partial charge in [-0.15, -0.1) is 0 Å². The highest BCUT2D eigenvalue weighted by molar-refractivity contribution is 7.89. The maximum atomic E-state index is 11.9. The fourth-order valence-electron chi connectivity index (χ4n) is 1.46. The second kappa shape index (κ2) is 6.71. The molecule has 6 nitrogen and oxygen atoms in total. The Labute approximate surface area is 120 Å². The molecule has 0 amide bonds. The van der Waals surface area contributed by atoms with Gasteiger partial charge >= 0.3 is 0 Å². The summed E-state index contributed by atoms with van der Waals surface area (Å²) in [4.78, 5) is 4.30. The first-order chi connectivity index (χ1) is 9.21. The van der Waals surface area contributed by atoms with Crippen molar-refractivity contribution in [1.82, 2.24) is 10.0 Å². The van der Waals surface area contributed by atoms with E-state index >= 15 is 0 Å². The van der Waals surface area contributed by atoms with Crippen LogP contribution in [0.3, 0.4) is 0 Å². The number of benzene rings is 1. The topological polar surface area (TPSA) is 96.6 Å². The number of nitrogens with two attached hydrogens (primary N) is 1. The lowest BCUT2D eigenvalue weighted by atomic mass is 10.1. The van der Waals surface area contributed by atoms with E-state index in [4.69, 9.17) is 5.73 Å². The smallest absolute Gasteiger partial charge is 0.240 e. The van der Waals surface area contributed by atoms with Crippen LogP contribution in [0.5, 0.6) is 0 Å². The zero-order valence-corrected chi connectivity index (χ0v) is 12.9. The molecule has 0 aliphatic rings.